The quantitative estimate of drug-likeness (QED) is 0.276. The molecule has 0 unspecified atom stereocenters. The van der Waals surface area contributed by atoms with Crippen molar-refractivity contribution in [3.63, 3.8) is 0 Å². The Balaban J connectivity index is 1.12. The van der Waals surface area contributed by atoms with E-state index in [0.717, 1.165) is 61.2 Å². The summed E-state index contributed by atoms with van der Waals surface area (Å²) in [6.07, 6.45) is 3.21. The molecule has 40 heavy (non-hydrogen) atoms. The van der Waals surface area contributed by atoms with Crippen molar-refractivity contribution in [2.45, 2.75) is 6.92 Å². The summed E-state index contributed by atoms with van der Waals surface area (Å²) in [4.78, 5) is 30.8. The highest BCUT2D eigenvalue weighted by Crippen LogP contribution is 2.22. The molecule has 5 rings (SSSR count). The summed E-state index contributed by atoms with van der Waals surface area (Å²) in [6, 6.07) is 14.5. The summed E-state index contributed by atoms with van der Waals surface area (Å²) in [5.41, 5.74) is 2.98. The second-order valence-electron chi connectivity index (χ2n) is 8.75. The van der Waals surface area contributed by atoms with Crippen LogP contribution in [0.2, 0.25) is 0 Å². The standard InChI is InChI=1S/C27H29N7O5S/c1-2-38-25(35)24-17-28-27(40-24)30-26(36)29-20-5-3-19(4-6-20)23-18-34(32-31-23)21-7-9-22(10-8-21)39-16-13-33-11-14-37-15-12-33/h3-10,17-18H,2,11-16H2,1H3,(H2,28,29,30,36). The van der Waals surface area contributed by atoms with E-state index >= 15 is 0 Å². The number of thiazole rings is 1. The first kappa shape index (κ1) is 27.2. The third kappa shape index (κ3) is 7.20. The topological polar surface area (TPSA) is 133 Å². The summed E-state index contributed by atoms with van der Waals surface area (Å²) in [6.45, 7) is 6.94. The van der Waals surface area contributed by atoms with Gasteiger partial charge in [-0.1, -0.05) is 28.7 Å². The number of morpholine rings is 1. The molecule has 0 saturated carbocycles. The first-order chi connectivity index (χ1) is 19.6. The Morgan fingerprint density at radius 2 is 1.82 bits per heavy atom. The molecular formula is C27H29N7O5S. The Bertz CT molecular complexity index is 1420. The average Bonchev–Trinajstić information content (AvgIpc) is 3.65. The molecule has 2 amide bonds. The van der Waals surface area contributed by atoms with Crippen LogP contribution in [0.4, 0.5) is 15.6 Å². The van der Waals surface area contributed by atoms with Crippen molar-refractivity contribution >= 4 is 34.2 Å². The van der Waals surface area contributed by atoms with E-state index in [1.807, 2.05) is 42.6 Å². The minimum Gasteiger partial charge on any atom is -0.492 e. The molecule has 1 aliphatic rings. The van der Waals surface area contributed by atoms with Crippen LogP contribution in [0.5, 0.6) is 5.75 Å². The molecule has 0 bridgehead atoms. The van der Waals surface area contributed by atoms with E-state index in [1.54, 1.807) is 23.7 Å². The van der Waals surface area contributed by atoms with Crippen LogP contribution in [0.1, 0.15) is 16.6 Å². The first-order valence-corrected chi connectivity index (χ1v) is 13.7. The van der Waals surface area contributed by atoms with E-state index in [-0.39, 0.29) is 6.61 Å². The number of aromatic nitrogens is 4. The van der Waals surface area contributed by atoms with Crippen LogP contribution in [0, 0.1) is 0 Å². The molecule has 1 fully saturated rings. The van der Waals surface area contributed by atoms with Crippen LogP contribution in [-0.2, 0) is 9.47 Å². The molecule has 12 nitrogen and oxygen atoms in total. The third-order valence-corrected chi connectivity index (χ3v) is 6.91. The van der Waals surface area contributed by atoms with E-state index < -0.39 is 12.0 Å². The second-order valence-corrected chi connectivity index (χ2v) is 9.78. The van der Waals surface area contributed by atoms with Gasteiger partial charge in [0.25, 0.3) is 0 Å². The van der Waals surface area contributed by atoms with E-state index in [2.05, 4.69) is 30.8 Å². The van der Waals surface area contributed by atoms with Crippen LogP contribution in [-0.4, -0.2) is 82.9 Å². The summed E-state index contributed by atoms with van der Waals surface area (Å²) in [5, 5.41) is 14.2. The zero-order chi connectivity index (χ0) is 27.7. The van der Waals surface area contributed by atoms with Gasteiger partial charge < -0.3 is 19.5 Å². The molecule has 2 N–H and O–H groups in total. The molecule has 0 aliphatic carbocycles. The van der Waals surface area contributed by atoms with Gasteiger partial charge >= 0.3 is 12.0 Å². The fourth-order valence-corrected chi connectivity index (χ4v) is 4.65. The number of urea groups is 1. The monoisotopic (exact) mass is 563 g/mol. The van der Waals surface area contributed by atoms with E-state index in [9.17, 15) is 9.59 Å². The number of anilines is 2. The minimum atomic E-state index is -0.475. The van der Waals surface area contributed by atoms with Gasteiger partial charge in [0.15, 0.2) is 5.13 Å². The molecule has 2 aromatic heterocycles. The zero-order valence-corrected chi connectivity index (χ0v) is 22.7. The van der Waals surface area contributed by atoms with Gasteiger partial charge in [0.2, 0.25) is 0 Å². The average molecular weight is 564 g/mol. The molecule has 1 saturated heterocycles. The second kappa shape index (κ2) is 13.2. The number of rotatable bonds is 10. The lowest BCUT2D eigenvalue weighted by Crippen LogP contribution is -2.38. The van der Waals surface area contributed by atoms with Crippen LogP contribution in [0.25, 0.3) is 16.9 Å². The number of hydrogen-bond acceptors (Lipinski definition) is 10. The maximum Gasteiger partial charge on any atom is 0.350 e. The number of benzene rings is 2. The van der Waals surface area contributed by atoms with Crippen molar-refractivity contribution in [2.24, 2.45) is 0 Å². The highest BCUT2D eigenvalue weighted by Gasteiger charge is 2.14. The van der Waals surface area contributed by atoms with Gasteiger partial charge in [-0.15, -0.1) is 5.10 Å². The Labute approximate surface area is 234 Å². The Kier molecular flexibility index (Phi) is 8.96. The first-order valence-electron chi connectivity index (χ1n) is 12.8. The maximum absolute atomic E-state index is 12.3. The van der Waals surface area contributed by atoms with E-state index in [0.29, 0.717) is 28.0 Å². The summed E-state index contributed by atoms with van der Waals surface area (Å²) < 4.78 is 17.9. The van der Waals surface area contributed by atoms with Crippen LogP contribution < -0.4 is 15.4 Å². The Hall–Kier alpha value is -4.33. The van der Waals surface area contributed by atoms with Gasteiger partial charge in [0.05, 0.1) is 37.9 Å². The number of nitrogens with zero attached hydrogens (tertiary/aromatic N) is 5. The van der Waals surface area contributed by atoms with Crippen molar-refractivity contribution in [1.82, 2.24) is 24.9 Å². The number of hydrogen-bond donors (Lipinski definition) is 2. The van der Waals surface area contributed by atoms with Gasteiger partial charge in [-0.2, -0.15) is 0 Å². The van der Waals surface area contributed by atoms with Crippen molar-refractivity contribution in [3.05, 3.63) is 65.8 Å². The summed E-state index contributed by atoms with van der Waals surface area (Å²) in [7, 11) is 0. The molecule has 2 aromatic carbocycles. The molecule has 208 valence electrons. The fourth-order valence-electron chi connectivity index (χ4n) is 3.95. The van der Waals surface area contributed by atoms with Crippen molar-refractivity contribution in [2.75, 3.05) is 56.7 Å². The number of ether oxygens (including phenoxy) is 3. The largest absolute Gasteiger partial charge is 0.492 e. The molecule has 0 spiro atoms. The van der Waals surface area contributed by atoms with Crippen molar-refractivity contribution < 1.29 is 23.8 Å². The molecule has 13 heteroatoms. The van der Waals surface area contributed by atoms with Gasteiger partial charge in [0, 0.05) is 30.9 Å². The third-order valence-electron chi connectivity index (χ3n) is 6.02. The number of carbonyl (C=O) groups excluding carboxylic acids is 2. The van der Waals surface area contributed by atoms with Crippen molar-refractivity contribution in [3.8, 4) is 22.7 Å². The smallest absolute Gasteiger partial charge is 0.350 e. The number of esters is 1. The Morgan fingerprint density at radius 3 is 2.58 bits per heavy atom. The van der Waals surface area contributed by atoms with E-state index in [1.165, 1.54) is 6.20 Å². The molecule has 0 radical (unpaired) electrons. The lowest BCUT2D eigenvalue weighted by Gasteiger charge is -2.26. The normalized spacial score (nSPS) is 13.5. The summed E-state index contributed by atoms with van der Waals surface area (Å²) >= 11 is 1.04. The molecular weight excluding hydrogens is 534 g/mol. The predicted molar refractivity (Wildman–Crippen MR) is 150 cm³/mol. The highest BCUT2D eigenvalue weighted by atomic mass is 32.1. The molecule has 0 atom stereocenters. The lowest BCUT2D eigenvalue weighted by atomic mass is 10.1. The van der Waals surface area contributed by atoms with Crippen LogP contribution in [0.15, 0.2) is 60.9 Å². The zero-order valence-electron chi connectivity index (χ0n) is 21.9. The van der Waals surface area contributed by atoms with Gasteiger partial charge in [-0.25, -0.2) is 19.3 Å². The van der Waals surface area contributed by atoms with Crippen molar-refractivity contribution in [1.29, 1.82) is 0 Å². The lowest BCUT2D eigenvalue weighted by molar-refractivity contribution is 0.0322. The Morgan fingerprint density at radius 1 is 1.05 bits per heavy atom. The molecule has 3 heterocycles. The fraction of sp³-hybridized carbons (Fsp3) is 0.296. The number of carbonyl (C=O) groups is 2. The van der Waals surface area contributed by atoms with E-state index in [4.69, 9.17) is 14.2 Å². The predicted octanol–water partition coefficient (Wildman–Crippen LogP) is 3.92. The van der Waals surface area contributed by atoms with Crippen LogP contribution in [0.3, 0.4) is 0 Å². The summed E-state index contributed by atoms with van der Waals surface area (Å²) in [5.74, 6) is 0.334. The highest BCUT2D eigenvalue weighted by molar-refractivity contribution is 7.17. The number of nitrogens with one attached hydrogen (secondary N) is 2. The van der Waals surface area contributed by atoms with Crippen LogP contribution >= 0.6 is 11.3 Å². The van der Waals surface area contributed by atoms with Gasteiger partial charge in [-0.05, 0) is 43.3 Å². The van der Waals surface area contributed by atoms with Gasteiger partial charge in [0.1, 0.15) is 22.9 Å². The molecule has 1 aliphatic heterocycles. The number of amides is 2. The maximum atomic E-state index is 12.3. The van der Waals surface area contributed by atoms with Gasteiger partial charge in [-0.3, -0.25) is 10.2 Å². The minimum absolute atomic E-state index is 0.269. The molecule has 4 aromatic rings. The SMILES string of the molecule is CCOC(=O)c1cnc(NC(=O)Nc2ccc(-c3cn(-c4ccc(OCCN5CCOCC5)cc4)nn3)cc2)s1.